The first-order chi connectivity index (χ1) is 12.6. The molecule has 0 unspecified atom stereocenters. The van der Waals surface area contributed by atoms with Crippen molar-refractivity contribution in [2.24, 2.45) is 5.92 Å². The van der Waals surface area contributed by atoms with Gasteiger partial charge in [0.1, 0.15) is 6.10 Å². The fourth-order valence-electron chi connectivity index (χ4n) is 4.09. The van der Waals surface area contributed by atoms with Gasteiger partial charge in [-0.25, -0.2) is 0 Å². The molecule has 0 bridgehead atoms. The largest absolute Gasteiger partial charge is 0.396 e. The summed E-state index contributed by atoms with van der Waals surface area (Å²) in [6, 6.07) is 7.49. The van der Waals surface area contributed by atoms with E-state index in [1.807, 2.05) is 24.3 Å². The number of hydrogen-bond donors (Lipinski definition) is 3. The van der Waals surface area contributed by atoms with Crippen molar-refractivity contribution in [3.8, 4) is 0 Å². The Bertz CT molecular complexity index is 617. The maximum absolute atomic E-state index is 14.8. The summed E-state index contributed by atoms with van der Waals surface area (Å²) in [5.41, 5.74) is 1.66. The molecule has 5 atom stereocenters. The van der Waals surface area contributed by atoms with Gasteiger partial charge in [0.05, 0.1) is 12.2 Å². The van der Waals surface area contributed by atoms with E-state index in [-0.39, 0.29) is 30.3 Å². The molecule has 1 fully saturated rings. The number of amides is 1. The Morgan fingerprint density at radius 2 is 1.89 bits per heavy atom. The highest BCUT2D eigenvalue weighted by Gasteiger charge is 2.50. The molecular weight excluding hydrogens is 365 g/mol. The van der Waals surface area contributed by atoms with Gasteiger partial charge in [-0.2, -0.15) is 0 Å². The SMILES string of the molecule is C[C@@H]1[C@@H]([Si](C)(C)F)[C@H](CCO)O[C@@H]1CCc1ccc(NC(=O)[C@H](C)O)cc1. The zero-order chi connectivity index (χ0) is 20.2. The van der Waals surface area contributed by atoms with Crippen molar-refractivity contribution in [3.63, 3.8) is 0 Å². The van der Waals surface area contributed by atoms with Crippen LogP contribution >= 0.6 is 0 Å². The van der Waals surface area contributed by atoms with Crippen LogP contribution in [0.3, 0.4) is 0 Å². The van der Waals surface area contributed by atoms with Gasteiger partial charge in [0.25, 0.3) is 5.91 Å². The van der Waals surface area contributed by atoms with Crippen LogP contribution in [0.1, 0.15) is 32.3 Å². The van der Waals surface area contributed by atoms with Gasteiger partial charge in [0.15, 0.2) is 0 Å². The monoisotopic (exact) mass is 397 g/mol. The molecule has 1 aliphatic rings. The summed E-state index contributed by atoms with van der Waals surface area (Å²) in [6.07, 6.45) is 0.830. The molecule has 152 valence electrons. The average Bonchev–Trinajstić information content (AvgIpc) is 2.90. The second kappa shape index (κ2) is 9.27. The highest BCUT2D eigenvalue weighted by molar-refractivity contribution is 6.72. The predicted octanol–water partition coefficient (Wildman–Crippen LogP) is 3.27. The molecule has 27 heavy (non-hydrogen) atoms. The van der Waals surface area contributed by atoms with Gasteiger partial charge in [-0.1, -0.05) is 19.1 Å². The van der Waals surface area contributed by atoms with Gasteiger partial charge in [-0.15, -0.1) is 0 Å². The lowest BCUT2D eigenvalue weighted by molar-refractivity contribution is -0.123. The molecule has 0 spiro atoms. The second-order valence-electron chi connectivity index (χ2n) is 8.08. The first-order valence-electron chi connectivity index (χ1n) is 9.66. The summed E-state index contributed by atoms with van der Waals surface area (Å²) >= 11 is 0. The summed E-state index contributed by atoms with van der Waals surface area (Å²) in [5.74, 6) is -0.298. The van der Waals surface area contributed by atoms with E-state index in [2.05, 4.69) is 12.2 Å². The van der Waals surface area contributed by atoms with Crippen LogP contribution in [0.4, 0.5) is 9.80 Å². The number of carbonyl (C=O) groups is 1. The van der Waals surface area contributed by atoms with Crippen LogP contribution in [0.15, 0.2) is 24.3 Å². The minimum atomic E-state index is -2.87. The molecule has 0 aliphatic carbocycles. The van der Waals surface area contributed by atoms with Crippen LogP contribution < -0.4 is 5.32 Å². The number of benzene rings is 1. The van der Waals surface area contributed by atoms with E-state index in [0.29, 0.717) is 12.1 Å². The molecule has 1 aromatic carbocycles. The van der Waals surface area contributed by atoms with Gasteiger partial charge in [0, 0.05) is 17.8 Å². The van der Waals surface area contributed by atoms with E-state index in [0.717, 1.165) is 18.4 Å². The van der Waals surface area contributed by atoms with Crippen molar-refractivity contribution in [3.05, 3.63) is 29.8 Å². The van der Waals surface area contributed by atoms with Crippen LogP contribution in [-0.4, -0.2) is 49.4 Å². The molecule has 3 N–H and O–H groups in total. The van der Waals surface area contributed by atoms with Gasteiger partial charge in [-0.3, -0.25) is 4.79 Å². The molecular formula is C20H32FNO4Si. The topological polar surface area (TPSA) is 78.8 Å². The third-order valence-electron chi connectivity index (χ3n) is 5.43. The summed E-state index contributed by atoms with van der Waals surface area (Å²) in [4.78, 5) is 11.5. The van der Waals surface area contributed by atoms with Crippen LogP contribution in [0.2, 0.25) is 18.6 Å². The zero-order valence-corrected chi connectivity index (χ0v) is 17.6. The van der Waals surface area contributed by atoms with Gasteiger partial charge in [0.2, 0.25) is 8.41 Å². The fourth-order valence-corrected chi connectivity index (χ4v) is 6.68. The molecule has 5 nitrogen and oxygen atoms in total. The quantitative estimate of drug-likeness (QED) is 0.465. The number of ether oxygens (including phenoxy) is 1. The Morgan fingerprint density at radius 3 is 2.41 bits per heavy atom. The molecule has 0 saturated carbocycles. The molecule has 1 heterocycles. The third-order valence-corrected chi connectivity index (χ3v) is 7.91. The first-order valence-corrected chi connectivity index (χ1v) is 12.6. The summed E-state index contributed by atoms with van der Waals surface area (Å²) < 4.78 is 20.9. The molecule has 1 aromatic rings. The Hall–Kier alpha value is -1.28. The highest BCUT2D eigenvalue weighted by atomic mass is 28.4. The van der Waals surface area contributed by atoms with Crippen LogP contribution in [0, 0.1) is 5.92 Å². The molecule has 1 saturated heterocycles. The van der Waals surface area contributed by atoms with Gasteiger partial charge >= 0.3 is 0 Å². The van der Waals surface area contributed by atoms with E-state index in [4.69, 9.17) is 4.74 Å². The normalized spacial score (nSPS) is 26.8. The number of halogens is 1. The second-order valence-corrected chi connectivity index (χ2v) is 11.9. The lowest BCUT2D eigenvalue weighted by Crippen LogP contribution is -2.36. The van der Waals surface area contributed by atoms with Crippen molar-refractivity contribution in [1.29, 1.82) is 0 Å². The molecule has 2 rings (SSSR count). The van der Waals surface area contributed by atoms with Crippen molar-refractivity contribution < 1.29 is 23.9 Å². The Morgan fingerprint density at radius 1 is 1.26 bits per heavy atom. The van der Waals surface area contributed by atoms with Crippen LogP contribution in [0.5, 0.6) is 0 Å². The van der Waals surface area contributed by atoms with E-state index >= 15 is 0 Å². The minimum absolute atomic E-state index is 0.0105. The van der Waals surface area contributed by atoms with Crippen LogP contribution in [0.25, 0.3) is 0 Å². The number of rotatable bonds is 8. The van der Waals surface area contributed by atoms with Crippen LogP contribution in [-0.2, 0) is 16.0 Å². The van der Waals surface area contributed by atoms with Crippen molar-refractivity contribution in [1.82, 2.24) is 0 Å². The maximum Gasteiger partial charge on any atom is 0.252 e. The van der Waals surface area contributed by atoms with E-state index in [1.54, 1.807) is 13.1 Å². The van der Waals surface area contributed by atoms with E-state index in [1.165, 1.54) is 6.92 Å². The molecule has 0 radical (unpaired) electrons. The lowest BCUT2D eigenvalue weighted by Gasteiger charge is -2.28. The smallest absolute Gasteiger partial charge is 0.252 e. The number of aliphatic hydroxyl groups is 2. The standard InChI is InChI=1S/C20H32FNO4Si/c1-13-17(26-18(11-12-23)19(13)27(3,4)21)10-7-15-5-8-16(9-6-15)22-20(25)14(2)24/h5-6,8-9,13-14,17-19,23-24H,7,10-12H2,1-4H3,(H,22,25)/t13-,14-,17+,18-,19+/m0/s1. The first kappa shape index (κ1) is 22.0. The Labute approximate surface area is 162 Å². The van der Waals surface area contributed by atoms with Crippen molar-refractivity contribution in [2.45, 2.75) is 70.1 Å². The minimum Gasteiger partial charge on any atom is -0.396 e. The van der Waals surface area contributed by atoms with E-state index in [9.17, 15) is 19.1 Å². The molecule has 0 aromatic heterocycles. The Balaban J connectivity index is 1.95. The van der Waals surface area contributed by atoms with Gasteiger partial charge < -0.3 is 24.4 Å². The molecule has 1 aliphatic heterocycles. The number of aryl methyl sites for hydroxylation is 1. The van der Waals surface area contributed by atoms with E-state index < -0.39 is 20.4 Å². The van der Waals surface area contributed by atoms with Gasteiger partial charge in [-0.05, 0) is 62.9 Å². The number of anilines is 1. The number of nitrogens with one attached hydrogen (secondary N) is 1. The maximum atomic E-state index is 14.8. The average molecular weight is 398 g/mol. The molecule has 1 amide bonds. The summed E-state index contributed by atoms with van der Waals surface area (Å²) in [5, 5.41) is 21.2. The highest BCUT2D eigenvalue weighted by Crippen LogP contribution is 2.46. The summed E-state index contributed by atoms with van der Waals surface area (Å²) in [6.45, 7) is 6.96. The number of aliphatic hydroxyl groups excluding tert-OH is 2. The molecule has 7 heteroatoms. The lowest BCUT2D eigenvalue weighted by atomic mass is 9.95. The third kappa shape index (κ3) is 5.84. The number of hydrogen-bond acceptors (Lipinski definition) is 4. The summed E-state index contributed by atoms with van der Waals surface area (Å²) in [7, 11) is -2.87. The predicted molar refractivity (Wildman–Crippen MR) is 107 cm³/mol. The Kier molecular flexibility index (Phi) is 7.56. The van der Waals surface area contributed by atoms with Crippen molar-refractivity contribution >= 4 is 20.0 Å². The number of carbonyl (C=O) groups excluding carboxylic acids is 1. The van der Waals surface area contributed by atoms with Crippen molar-refractivity contribution in [2.75, 3.05) is 11.9 Å². The fraction of sp³-hybridized carbons (Fsp3) is 0.650. The zero-order valence-electron chi connectivity index (χ0n) is 16.6.